The van der Waals surface area contributed by atoms with Crippen molar-refractivity contribution in [3.63, 3.8) is 0 Å². The van der Waals surface area contributed by atoms with Crippen LogP contribution in [0.15, 0.2) is 34.3 Å². The molecule has 1 radical (unpaired) electrons. The number of phenols is 2. The molecule has 0 spiro atoms. The fourth-order valence-corrected chi connectivity index (χ4v) is 4.51. The molecule has 39 heavy (non-hydrogen) atoms. The van der Waals surface area contributed by atoms with E-state index >= 15 is 0 Å². The van der Waals surface area contributed by atoms with Crippen LogP contribution in [0.2, 0.25) is 0 Å². The molecule has 0 saturated carbocycles. The summed E-state index contributed by atoms with van der Waals surface area (Å²) in [5, 5.41) is 45.9. The Morgan fingerprint density at radius 3 is 1.49 bits per heavy atom. The van der Waals surface area contributed by atoms with Crippen molar-refractivity contribution in [1.82, 2.24) is 9.80 Å². The molecule has 0 fully saturated rings. The molecule has 1 aliphatic rings. The number of aldehydes is 2. The van der Waals surface area contributed by atoms with Gasteiger partial charge in [0.1, 0.15) is 11.5 Å². The molecular formula is C28H34CuN4O6. The summed E-state index contributed by atoms with van der Waals surface area (Å²) in [6, 6.07) is 6.80. The van der Waals surface area contributed by atoms with Crippen LogP contribution in [-0.4, -0.2) is 83.6 Å². The maximum absolute atomic E-state index is 12.5. The number of aliphatic imine (C=N–C) groups is 2. The molecule has 1 heterocycles. The van der Waals surface area contributed by atoms with Gasteiger partial charge in [0.2, 0.25) is 0 Å². The molecule has 0 unspecified atom stereocenters. The van der Waals surface area contributed by atoms with Crippen LogP contribution in [0.4, 0.5) is 0 Å². The molecule has 0 bridgehead atoms. The largest absolute Gasteiger partial charge is 2.00 e. The topological polar surface area (TPSA) is 152 Å². The molecule has 0 aliphatic carbocycles. The van der Waals surface area contributed by atoms with Crippen molar-refractivity contribution in [2.45, 2.75) is 39.8 Å². The summed E-state index contributed by atoms with van der Waals surface area (Å²) in [4.78, 5) is 34.7. The van der Waals surface area contributed by atoms with Crippen molar-refractivity contribution < 1.29 is 47.1 Å². The number of carbonyl (C=O) groups excluding carboxylic acids is 2. The Morgan fingerprint density at radius 1 is 0.744 bits per heavy atom. The van der Waals surface area contributed by atoms with Gasteiger partial charge in [0.05, 0.1) is 24.2 Å². The number of benzene rings is 2. The van der Waals surface area contributed by atoms with Crippen LogP contribution in [-0.2, 0) is 30.2 Å². The van der Waals surface area contributed by atoms with Crippen molar-refractivity contribution in [3.05, 3.63) is 57.6 Å². The molecule has 0 atom stereocenters. The fraction of sp³-hybridized carbons (Fsp3) is 0.429. The van der Waals surface area contributed by atoms with Crippen LogP contribution in [0.1, 0.15) is 55.8 Å². The quantitative estimate of drug-likeness (QED) is 0.375. The van der Waals surface area contributed by atoms with E-state index in [1.807, 2.05) is 23.6 Å². The number of hydrogen-bond acceptors (Lipinski definition) is 10. The Balaban J connectivity index is 0.00000533. The van der Waals surface area contributed by atoms with Gasteiger partial charge in [-0.05, 0) is 61.7 Å². The van der Waals surface area contributed by atoms with E-state index in [1.54, 1.807) is 24.3 Å². The third kappa shape index (κ3) is 9.47. The normalized spacial score (nSPS) is 16.4. The van der Waals surface area contributed by atoms with Gasteiger partial charge in [-0.2, -0.15) is 0 Å². The Morgan fingerprint density at radius 2 is 1.13 bits per heavy atom. The van der Waals surface area contributed by atoms with Crippen molar-refractivity contribution >= 4 is 24.4 Å². The summed E-state index contributed by atoms with van der Waals surface area (Å²) in [5.41, 5.74) is 3.21. The zero-order valence-electron chi connectivity index (χ0n) is 22.2. The van der Waals surface area contributed by atoms with Crippen LogP contribution < -0.4 is 10.2 Å². The third-order valence-electron chi connectivity index (χ3n) is 6.46. The molecule has 0 amide bonds. The van der Waals surface area contributed by atoms with Crippen molar-refractivity contribution in [3.8, 4) is 11.5 Å². The molecule has 1 aliphatic heterocycles. The molecule has 10 nitrogen and oxygen atoms in total. The van der Waals surface area contributed by atoms with Gasteiger partial charge in [-0.1, -0.05) is 12.1 Å². The first-order valence-corrected chi connectivity index (χ1v) is 12.6. The van der Waals surface area contributed by atoms with Crippen LogP contribution in [0.25, 0.3) is 0 Å². The first-order valence-electron chi connectivity index (χ1n) is 12.6. The summed E-state index contributed by atoms with van der Waals surface area (Å²) in [6.07, 6.45) is 1.52. The van der Waals surface area contributed by atoms with E-state index in [2.05, 4.69) is 9.98 Å². The average Bonchev–Trinajstić information content (AvgIpc) is 2.88. The van der Waals surface area contributed by atoms with Crippen LogP contribution in [0.3, 0.4) is 0 Å². The second kappa shape index (κ2) is 15.4. The van der Waals surface area contributed by atoms with E-state index in [9.17, 15) is 30.0 Å². The molecule has 3 rings (SSSR count). The zero-order valence-corrected chi connectivity index (χ0v) is 23.1. The predicted octanol–water partition coefficient (Wildman–Crippen LogP) is 0.953. The SMILES string of the molecule is Cc1cc(C=O)c(O)c(CN2CCN=C([O-])CCN(Cc3cc(C)cc(C=O)c3O)CCN=C([O-])CC2)c1.[Cu+2]. The number of aryl methyl sites for hydroxylation is 2. The number of carbonyl (C=O) groups is 2. The van der Waals surface area contributed by atoms with Gasteiger partial charge in [-0.3, -0.25) is 19.4 Å². The van der Waals surface area contributed by atoms with Crippen LogP contribution >= 0.6 is 0 Å². The smallest absolute Gasteiger partial charge is 0.862 e. The van der Waals surface area contributed by atoms with Crippen molar-refractivity contribution in [2.24, 2.45) is 9.98 Å². The Bertz CT molecular complexity index is 1120. The molecule has 2 aromatic carbocycles. The minimum atomic E-state index is -0.260. The minimum absolute atomic E-state index is 0. The van der Waals surface area contributed by atoms with E-state index in [4.69, 9.17) is 0 Å². The molecule has 11 heteroatoms. The summed E-state index contributed by atoms with van der Waals surface area (Å²) in [5.74, 6) is -0.699. The summed E-state index contributed by atoms with van der Waals surface area (Å²) < 4.78 is 0. The van der Waals surface area contributed by atoms with Crippen molar-refractivity contribution in [2.75, 3.05) is 39.3 Å². The second-order valence-corrected chi connectivity index (χ2v) is 9.56. The molecular weight excluding hydrogens is 552 g/mol. The van der Waals surface area contributed by atoms with Gasteiger partial charge in [0.15, 0.2) is 12.6 Å². The number of rotatable bonds is 6. The molecule has 0 aromatic heterocycles. The number of phenolic OH excluding ortho intramolecular Hbond substituents is 2. The van der Waals surface area contributed by atoms with Crippen molar-refractivity contribution in [1.29, 1.82) is 0 Å². The van der Waals surface area contributed by atoms with E-state index < -0.39 is 0 Å². The maximum atomic E-state index is 12.5. The third-order valence-corrected chi connectivity index (χ3v) is 6.46. The van der Waals surface area contributed by atoms with Gasteiger partial charge in [0.25, 0.3) is 0 Å². The fourth-order valence-electron chi connectivity index (χ4n) is 4.51. The second-order valence-electron chi connectivity index (χ2n) is 9.56. The van der Waals surface area contributed by atoms with Crippen LogP contribution in [0.5, 0.6) is 11.5 Å². The van der Waals surface area contributed by atoms with Gasteiger partial charge >= 0.3 is 17.1 Å². The van der Waals surface area contributed by atoms with E-state index in [1.165, 1.54) is 0 Å². The molecule has 2 aromatic rings. The van der Waals surface area contributed by atoms with Gasteiger partial charge in [-0.15, -0.1) is 0 Å². The number of hydrogen-bond donors (Lipinski definition) is 2. The number of nitrogens with zero attached hydrogens (tertiary/aromatic N) is 4. The van der Waals surface area contributed by atoms with Gasteiger partial charge < -0.3 is 30.4 Å². The summed E-state index contributed by atoms with van der Waals surface area (Å²) in [7, 11) is 0. The van der Waals surface area contributed by atoms with E-state index in [0.717, 1.165) is 11.1 Å². The predicted molar refractivity (Wildman–Crippen MR) is 141 cm³/mol. The Kier molecular flexibility index (Phi) is 12.6. The number of aromatic hydroxyl groups is 2. The standard InChI is InChI=1S/C28H36N4O6.Cu/c1-19-11-21(27(37)23(13-19)17-33)15-31-7-3-25(35)30-6-10-32(8-4-26(36)29-5-9-31)16-22-12-20(2)14-24(18-34)28(22)38;/h11-14,17-18,37-38H,3-10,15-16H2,1-2H3,(H,29,36)(H,30,35);/q;+2/p-2. The summed E-state index contributed by atoms with van der Waals surface area (Å²) >= 11 is 0. The first kappa shape index (κ1) is 32.0. The van der Waals surface area contributed by atoms with Crippen LogP contribution in [0, 0.1) is 13.8 Å². The molecule has 213 valence electrons. The first-order chi connectivity index (χ1) is 18.2. The zero-order chi connectivity index (χ0) is 27.7. The van der Waals surface area contributed by atoms with Gasteiger partial charge in [0, 0.05) is 50.4 Å². The van der Waals surface area contributed by atoms with E-state index in [-0.39, 0.29) is 77.4 Å². The Labute approximate surface area is 239 Å². The maximum Gasteiger partial charge on any atom is 2.00 e. The van der Waals surface area contributed by atoms with Gasteiger partial charge in [-0.25, -0.2) is 0 Å². The monoisotopic (exact) mass is 585 g/mol. The molecule has 2 N–H and O–H groups in total. The Hall–Kier alpha value is -3.24. The summed E-state index contributed by atoms with van der Waals surface area (Å²) in [6.45, 7) is 6.17. The van der Waals surface area contributed by atoms with E-state index in [0.29, 0.717) is 63.0 Å². The molecule has 0 saturated heterocycles. The minimum Gasteiger partial charge on any atom is -0.862 e. The average molecular weight is 586 g/mol.